The van der Waals surface area contributed by atoms with Gasteiger partial charge in [-0.3, -0.25) is 0 Å². The van der Waals surface area contributed by atoms with Crippen molar-refractivity contribution in [2.24, 2.45) is 0 Å². The SMILES string of the molecule is c1ccc(-c2ccc3c(c2)c2cc(-c4ccccc4)ccc2n3-c2cccc(-c3cc(-c4ccccc4)nc(-c4ccccc4)n3)c2-c2ccccc2-n2c3ccccc3c3ccccc32)cc1. The predicted octanol–water partition coefficient (Wildman–Crippen LogP) is 16.7. The predicted molar refractivity (Wildman–Crippen MR) is 283 cm³/mol. The minimum Gasteiger partial charge on any atom is -0.309 e. The molecule has 0 aliphatic rings. The van der Waals surface area contributed by atoms with Gasteiger partial charge in [0, 0.05) is 49.4 Å². The second kappa shape index (κ2) is 16.4. The second-order valence-electron chi connectivity index (χ2n) is 17.3. The first-order chi connectivity index (χ1) is 33.7. The van der Waals surface area contributed by atoms with Crippen LogP contribution in [0.1, 0.15) is 0 Å². The van der Waals surface area contributed by atoms with Gasteiger partial charge in [0.1, 0.15) is 0 Å². The van der Waals surface area contributed by atoms with Gasteiger partial charge in [-0.1, -0.05) is 200 Å². The zero-order chi connectivity index (χ0) is 45.0. The maximum Gasteiger partial charge on any atom is 0.160 e. The molecular formula is C64H42N4. The monoisotopic (exact) mass is 866 g/mol. The summed E-state index contributed by atoms with van der Waals surface area (Å²) in [5, 5.41) is 4.80. The van der Waals surface area contributed by atoms with Crippen LogP contribution in [0.15, 0.2) is 255 Å². The Bertz CT molecular complexity index is 3790. The maximum absolute atomic E-state index is 5.49. The second-order valence-corrected chi connectivity index (χ2v) is 17.3. The van der Waals surface area contributed by atoms with E-state index in [0.29, 0.717) is 5.82 Å². The minimum atomic E-state index is 0.674. The number of benzene rings is 10. The van der Waals surface area contributed by atoms with Crippen molar-refractivity contribution in [3.8, 4) is 78.7 Å². The van der Waals surface area contributed by atoms with E-state index >= 15 is 0 Å². The fraction of sp³-hybridized carbons (Fsp3) is 0. The molecule has 13 aromatic rings. The molecule has 0 spiro atoms. The van der Waals surface area contributed by atoms with Crippen molar-refractivity contribution in [1.82, 2.24) is 19.1 Å². The fourth-order valence-electron chi connectivity index (χ4n) is 10.2. The lowest BCUT2D eigenvalue weighted by atomic mass is 9.93. The Morgan fingerprint density at radius 2 is 0.676 bits per heavy atom. The van der Waals surface area contributed by atoms with Gasteiger partial charge in [-0.05, 0) is 76.9 Å². The van der Waals surface area contributed by atoms with Crippen molar-refractivity contribution in [1.29, 1.82) is 0 Å². The van der Waals surface area contributed by atoms with Crippen LogP contribution in [0.2, 0.25) is 0 Å². The van der Waals surface area contributed by atoms with Gasteiger partial charge in [0.15, 0.2) is 5.82 Å². The van der Waals surface area contributed by atoms with Gasteiger partial charge in [0.2, 0.25) is 0 Å². The van der Waals surface area contributed by atoms with E-state index in [2.05, 4.69) is 252 Å². The van der Waals surface area contributed by atoms with Crippen LogP contribution in [0, 0.1) is 0 Å². The summed E-state index contributed by atoms with van der Waals surface area (Å²) in [6.07, 6.45) is 0. The first-order valence-corrected chi connectivity index (χ1v) is 23.2. The van der Waals surface area contributed by atoms with Crippen molar-refractivity contribution in [3.05, 3.63) is 255 Å². The summed E-state index contributed by atoms with van der Waals surface area (Å²) in [5.41, 5.74) is 18.2. The Labute approximate surface area is 394 Å². The highest BCUT2D eigenvalue weighted by Gasteiger charge is 2.25. The molecular weight excluding hydrogens is 825 g/mol. The average Bonchev–Trinajstić information content (AvgIpc) is 3.93. The average molecular weight is 867 g/mol. The minimum absolute atomic E-state index is 0.674. The summed E-state index contributed by atoms with van der Waals surface area (Å²) in [6.45, 7) is 0. The molecule has 0 N–H and O–H groups in total. The molecule has 4 nitrogen and oxygen atoms in total. The molecule has 0 atom stereocenters. The Morgan fingerprint density at radius 1 is 0.250 bits per heavy atom. The standard InChI is InChI=1S/C64H42N4/c1-5-20-43(21-6-1)47-36-38-60-53(40-47)54-41-48(44-22-7-2-8-23-44)37-39-61(54)68(60)62-35-19-31-51(56-42-55(45-24-9-3-10-25-45)65-64(66-56)46-26-11-4-12-27-46)63(62)52-30-15-18-34-59(52)67-57-32-16-13-28-49(57)50-29-14-17-33-58(50)67/h1-42H. The molecule has 0 radical (unpaired) electrons. The van der Waals surface area contributed by atoms with Crippen LogP contribution >= 0.6 is 0 Å². The summed E-state index contributed by atoms with van der Waals surface area (Å²) in [6, 6.07) is 91.3. The van der Waals surface area contributed by atoms with Crippen LogP contribution in [0.3, 0.4) is 0 Å². The molecule has 4 heteroatoms. The highest BCUT2D eigenvalue weighted by molar-refractivity contribution is 6.13. The molecule has 0 saturated carbocycles. The summed E-state index contributed by atoms with van der Waals surface area (Å²) in [7, 11) is 0. The molecule has 0 fully saturated rings. The summed E-state index contributed by atoms with van der Waals surface area (Å²) < 4.78 is 4.92. The number of para-hydroxylation sites is 3. The molecule has 68 heavy (non-hydrogen) atoms. The zero-order valence-corrected chi connectivity index (χ0v) is 37.0. The lowest BCUT2D eigenvalue weighted by Gasteiger charge is -2.22. The van der Waals surface area contributed by atoms with E-state index in [1.54, 1.807) is 0 Å². The van der Waals surface area contributed by atoms with Gasteiger partial charge in [-0.25, -0.2) is 9.97 Å². The Morgan fingerprint density at radius 3 is 1.26 bits per heavy atom. The van der Waals surface area contributed by atoms with Crippen molar-refractivity contribution in [3.63, 3.8) is 0 Å². The first kappa shape index (κ1) is 39.3. The van der Waals surface area contributed by atoms with E-state index in [9.17, 15) is 0 Å². The van der Waals surface area contributed by atoms with Crippen molar-refractivity contribution in [2.75, 3.05) is 0 Å². The third kappa shape index (κ3) is 6.61. The number of nitrogens with zero attached hydrogens (tertiary/aromatic N) is 4. The number of hydrogen-bond acceptors (Lipinski definition) is 2. The van der Waals surface area contributed by atoms with Gasteiger partial charge in [-0.2, -0.15) is 0 Å². The summed E-state index contributed by atoms with van der Waals surface area (Å²) >= 11 is 0. The van der Waals surface area contributed by atoms with E-state index in [0.717, 1.165) is 72.6 Å². The first-order valence-electron chi connectivity index (χ1n) is 23.2. The maximum atomic E-state index is 5.49. The summed E-state index contributed by atoms with van der Waals surface area (Å²) in [4.78, 5) is 10.7. The van der Waals surface area contributed by atoms with E-state index in [4.69, 9.17) is 9.97 Å². The highest BCUT2D eigenvalue weighted by Crippen LogP contribution is 2.46. The van der Waals surface area contributed by atoms with Crippen LogP contribution < -0.4 is 0 Å². The molecule has 0 saturated heterocycles. The lowest BCUT2D eigenvalue weighted by Crippen LogP contribution is -2.04. The number of hydrogen-bond donors (Lipinski definition) is 0. The molecule has 0 unspecified atom stereocenters. The topological polar surface area (TPSA) is 35.6 Å². The number of rotatable bonds is 8. The smallest absolute Gasteiger partial charge is 0.160 e. The molecule has 0 amide bonds. The molecule has 318 valence electrons. The molecule has 3 heterocycles. The van der Waals surface area contributed by atoms with E-state index in [1.807, 2.05) is 12.1 Å². The van der Waals surface area contributed by atoms with Gasteiger partial charge in [0.05, 0.1) is 44.8 Å². The Hall–Kier alpha value is -9.12. The van der Waals surface area contributed by atoms with Crippen LogP contribution in [-0.2, 0) is 0 Å². The quantitative estimate of drug-likeness (QED) is 0.153. The summed E-state index contributed by atoms with van der Waals surface area (Å²) in [5.74, 6) is 0.674. The Kier molecular flexibility index (Phi) is 9.47. The third-order valence-electron chi connectivity index (χ3n) is 13.4. The van der Waals surface area contributed by atoms with Crippen LogP contribution in [-0.4, -0.2) is 19.1 Å². The van der Waals surface area contributed by atoms with Crippen molar-refractivity contribution < 1.29 is 0 Å². The Balaban J connectivity index is 1.15. The molecule has 0 aliphatic heterocycles. The van der Waals surface area contributed by atoms with E-state index < -0.39 is 0 Å². The van der Waals surface area contributed by atoms with Crippen LogP contribution in [0.4, 0.5) is 0 Å². The normalized spacial score (nSPS) is 11.5. The largest absolute Gasteiger partial charge is 0.309 e. The molecule has 0 aliphatic carbocycles. The van der Waals surface area contributed by atoms with Crippen LogP contribution in [0.25, 0.3) is 122 Å². The number of aromatic nitrogens is 4. The molecule has 13 rings (SSSR count). The zero-order valence-electron chi connectivity index (χ0n) is 37.0. The fourth-order valence-corrected chi connectivity index (χ4v) is 10.2. The molecule has 10 aromatic carbocycles. The lowest BCUT2D eigenvalue weighted by molar-refractivity contribution is 1.15. The van der Waals surface area contributed by atoms with Gasteiger partial charge < -0.3 is 9.13 Å². The van der Waals surface area contributed by atoms with E-state index in [-0.39, 0.29) is 0 Å². The van der Waals surface area contributed by atoms with Crippen molar-refractivity contribution in [2.45, 2.75) is 0 Å². The van der Waals surface area contributed by atoms with Crippen LogP contribution in [0.5, 0.6) is 0 Å². The van der Waals surface area contributed by atoms with Gasteiger partial charge >= 0.3 is 0 Å². The van der Waals surface area contributed by atoms with Crippen molar-refractivity contribution >= 4 is 43.6 Å². The molecule has 3 aromatic heterocycles. The molecule has 0 bridgehead atoms. The third-order valence-corrected chi connectivity index (χ3v) is 13.4. The van der Waals surface area contributed by atoms with Gasteiger partial charge in [0.25, 0.3) is 0 Å². The number of fused-ring (bicyclic) bond motifs is 6. The highest BCUT2D eigenvalue weighted by atomic mass is 15.0. The van der Waals surface area contributed by atoms with Gasteiger partial charge in [-0.15, -0.1) is 0 Å². The van der Waals surface area contributed by atoms with E-state index in [1.165, 1.54) is 43.8 Å².